The summed E-state index contributed by atoms with van der Waals surface area (Å²) in [6.45, 7) is 3.13. The van der Waals surface area contributed by atoms with Crippen molar-refractivity contribution in [1.82, 2.24) is 4.72 Å². The van der Waals surface area contributed by atoms with Gasteiger partial charge in [-0.3, -0.25) is 0 Å². The van der Waals surface area contributed by atoms with E-state index < -0.39 is 10.0 Å². The molecule has 0 saturated carbocycles. The maximum Gasteiger partial charge on any atom is 0.242 e. The molecule has 1 heterocycles. The van der Waals surface area contributed by atoms with Crippen LogP contribution < -0.4 is 4.72 Å². The van der Waals surface area contributed by atoms with Crippen LogP contribution in [0.25, 0.3) is 0 Å². The van der Waals surface area contributed by atoms with E-state index >= 15 is 0 Å². The van der Waals surface area contributed by atoms with Gasteiger partial charge in [-0.1, -0.05) is 23.7 Å². The van der Waals surface area contributed by atoms with E-state index in [0.717, 1.165) is 12.8 Å². The fraction of sp³-hybridized carbons (Fsp3) is 0.538. The van der Waals surface area contributed by atoms with E-state index in [0.29, 0.717) is 19.1 Å². The van der Waals surface area contributed by atoms with Crippen molar-refractivity contribution in [2.24, 2.45) is 5.92 Å². The van der Waals surface area contributed by atoms with Crippen molar-refractivity contribution in [2.45, 2.75) is 30.8 Å². The summed E-state index contributed by atoms with van der Waals surface area (Å²) in [6, 6.07) is 6.46. The first-order valence-electron chi connectivity index (χ1n) is 6.35. The summed E-state index contributed by atoms with van der Waals surface area (Å²) in [5, 5.41) is 0.246. The van der Waals surface area contributed by atoms with Gasteiger partial charge in [0.1, 0.15) is 4.90 Å². The molecule has 19 heavy (non-hydrogen) atoms. The lowest BCUT2D eigenvalue weighted by molar-refractivity contribution is 0.00397. The largest absolute Gasteiger partial charge is 0.378 e. The number of benzene rings is 1. The molecule has 1 aliphatic rings. The topological polar surface area (TPSA) is 55.4 Å². The van der Waals surface area contributed by atoms with Gasteiger partial charge in [0.25, 0.3) is 0 Å². The first-order chi connectivity index (χ1) is 8.99. The molecule has 2 rings (SSSR count). The second kappa shape index (κ2) is 6.22. The fourth-order valence-corrected chi connectivity index (χ4v) is 3.88. The van der Waals surface area contributed by atoms with Gasteiger partial charge in [0.05, 0.1) is 11.1 Å². The molecular weight excluding hydrogens is 286 g/mol. The lowest BCUT2D eigenvalue weighted by Crippen LogP contribution is -2.34. The molecule has 1 saturated heterocycles. The predicted molar refractivity (Wildman–Crippen MR) is 74.8 cm³/mol. The van der Waals surface area contributed by atoms with Gasteiger partial charge in [-0.2, -0.15) is 0 Å². The van der Waals surface area contributed by atoms with Crippen LogP contribution in [-0.4, -0.2) is 27.7 Å². The van der Waals surface area contributed by atoms with Crippen molar-refractivity contribution < 1.29 is 13.2 Å². The van der Waals surface area contributed by atoms with Crippen LogP contribution >= 0.6 is 11.6 Å². The minimum atomic E-state index is -3.53. The Morgan fingerprint density at radius 2 is 2.16 bits per heavy atom. The monoisotopic (exact) mass is 303 g/mol. The van der Waals surface area contributed by atoms with Gasteiger partial charge in [0.2, 0.25) is 10.0 Å². The maximum atomic E-state index is 12.2. The summed E-state index contributed by atoms with van der Waals surface area (Å²) in [5.74, 6) is 0.320. The number of nitrogens with one attached hydrogen (secondary N) is 1. The molecule has 0 amide bonds. The second-order valence-electron chi connectivity index (χ2n) is 4.85. The Bertz CT molecular complexity index is 532. The zero-order chi connectivity index (χ0) is 13.9. The lowest BCUT2D eigenvalue weighted by atomic mass is 9.97. The molecule has 0 aromatic heterocycles. The Hall–Kier alpha value is -0.620. The normalized spacial score (nSPS) is 24.3. The van der Waals surface area contributed by atoms with Crippen molar-refractivity contribution in [2.75, 3.05) is 13.2 Å². The van der Waals surface area contributed by atoms with Gasteiger partial charge in [0.15, 0.2) is 0 Å². The molecule has 0 aliphatic carbocycles. The average Bonchev–Trinajstić information content (AvgIpc) is 2.37. The van der Waals surface area contributed by atoms with Crippen LogP contribution in [0.3, 0.4) is 0 Å². The van der Waals surface area contributed by atoms with Crippen molar-refractivity contribution in [3.05, 3.63) is 29.3 Å². The van der Waals surface area contributed by atoms with E-state index in [1.54, 1.807) is 18.2 Å². The highest BCUT2D eigenvalue weighted by Gasteiger charge is 2.23. The highest BCUT2D eigenvalue weighted by molar-refractivity contribution is 7.89. The molecule has 4 nitrogen and oxygen atoms in total. The van der Waals surface area contributed by atoms with Crippen LogP contribution in [0.4, 0.5) is 0 Å². The fourth-order valence-electron chi connectivity index (χ4n) is 2.24. The van der Waals surface area contributed by atoms with Crippen molar-refractivity contribution in [1.29, 1.82) is 0 Å². The van der Waals surface area contributed by atoms with E-state index in [1.807, 2.05) is 6.92 Å². The number of halogens is 1. The Morgan fingerprint density at radius 3 is 2.84 bits per heavy atom. The Kier molecular flexibility index (Phi) is 4.84. The van der Waals surface area contributed by atoms with Crippen LogP contribution in [-0.2, 0) is 14.8 Å². The third kappa shape index (κ3) is 3.92. The maximum absolute atomic E-state index is 12.2. The molecule has 1 aromatic carbocycles. The molecule has 0 unspecified atom stereocenters. The Labute approximate surface area is 119 Å². The van der Waals surface area contributed by atoms with E-state index in [1.165, 1.54) is 6.07 Å². The molecule has 1 fully saturated rings. The van der Waals surface area contributed by atoms with E-state index in [2.05, 4.69) is 4.72 Å². The molecule has 0 radical (unpaired) electrons. The highest BCUT2D eigenvalue weighted by Crippen LogP contribution is 2.22. The minimum Gasteiger partial charge on any atom is -0.378 e. The molecule has 106 valence electrons. The SMILES string of the molecule is C[C@H]1C[C@H](CNS(=O)(=O)c2ccccc2Cl)CCO1. The summed E-state index contributed by atoms with van der Waals surface area (Å²) in [5.41, 5.74) is 0. The smallest absolute Gasteiger partial charge is 0.242 e. The summed E-state index contributed by atoms with van der Waals surface area (Å²) in [6.07, 6.45) is 1.96. The average molecular weight is 304 g/mol. The van der Waals surface area contributed by atoms with Gasteiger partial charge in [-0.15, -0.1) is 0 Å². The van der Waals surface area contributed by atoms with Gasteiger partial charge in [0, 0.05) is 13.2 Å². The quantitative estimate of drug-likeness (QED) is 0.929. The van der Waals surface area contributed by atoms with Crippen molar-refractivity contribution in [3.8, 4) is 0 Å². The zero-order valence-electron chi connectivity index (χ0n) is 10.8. The number of ether oxygens (including phenoxy) is 1. The van der Waals surface area contributed by atoms with E-state index in [9.17, 15) is 8.42 Å². The van der Waals surface area contributed by atoms with Crippen LogP contribution in [0.15, 0.2) is 29.2 Å². The Balaban J connectivity index is 2.00. The van der Waals surface area contributed by atoms with Crippen molar-refractivity contribution >= 4 is 21.6 Å². The summed E-state index contributed by atoms with van der Waals surface area (Å²) < 4.78 is 32.4. The standard InChI is InChI=1S/C13H18ClNO3S/c1-10-8-11(6-7-18-10)9-15-19(16,17)13-5-3-2-4-12(13)14/h2-5,10-11,15H,6-9H2,1H3/t10-,11+/m0/s1. The van der Waals surface area contributed by atoms with Gasteiger partial charge in [-0.05, 0) is 37.8 Å². The molecule has 0 spiro atoms. The third-order valence-corrected chi connectivity index (χ3v) is 5.21. The summed E-state index contributed by atoms with van der Waals surface area (Å²) >= 11 is 5.91. The molecule has 1 aliphatic heterocycles. The van der Waals surface area contributed by atoms with Crippen LogP contribution in [0, 0.1) is 5.92 Å². The first-order valence-corrected chi connectivity index (χ1v) is 8.21. The predicted octanol–water partition coefficient (Wildman–Crippen LogP) is 2.43. The summed E-state index contributed by atoms with van der Waals surface area (Å²) in [4.78, 5) is 0.136. The van der Waals surface area contributed by atoms with E-state index in [-0.39, 0.29) is 16.0 Å². The molecule has 1 N–H and O–H groups in total. The zero-order valence-corrected chi connectivity index (χ0v) is 12.4. The van der Waals surface area contributed by atoms with Gasteiger partial charge in [-0.25, -0.2) is 13.1 Å². The van der Waals surface area contributed by atoms with Crippen molar-refractivity contribution in [3.63, 3.8) is 0 Å². The first kappa shape index (κ1) is 14.8. The molecule has 6 heteroatoms. The number of hydrogen-bond acceptors (Lipinski definition) is 3. The Morgan fingerprint density at radius 1 is 1.42 bits per heavy atom. The molecule has 1 aromatic rings. The van der Waals surface area contributed by atoms with Gasteiger partial charge >= 0.3 is 0 Å². The van der Waals surface area contributed by atoms with E-state index in [4.69, 9.17) is 16.3 Å². The molecular formula is C13H18ClNO3S. The second-order valence-corrected chi connectivity index (χ2v) is 7.00. The van der Waals surface area contributed by atoms with Crippen LogP contribution in [0.2, 0.25) is 5.02 Å². The number of hydrogen-bond donors (Lipinski definition) is 1. The molecule has 2 atom stereocenters. The van der Waals surface area contributed by atoms with Crippen LogP contribution in [0.1, 0.15) is 19.8 Å². The van der Waals surface area contributed by atoms with Gasteiger partial charge < -0.3 is 4.74 Å². The van der Waals surface area contributed by atoms with Crippen LogP contribution in [0.5, 0.6) is 0 Å². The minimum absolute atomic E-state index is 0.136. The highest BCUT2D eigenvalue weighted by atomic mass is 35.5. The summed E-state index contributed by atoms with van der Waals surface area (Å²) in [7, 11) is -3.53. The lowest BCUT2D eigenvalue weighted by Gasteiger charge is -2.27. The molecule has 0 bridgehead atoms. The third-order valence-electron chi connectivity index (χ3n) is 3.28. The number of rotatable bonds is 4. The number of sulfonamides is 1.